The Kier molecular flexibility index (Phi) is 5.93. The highest BCUT2D eigenvalue weighted by Crippen LogP contribution is 2.33. The van der Waals surface area contributed by atoms with Crippen LogP contribution in [0.4, 0.5) is 0 Å². The number of furan rings is 1. The molecule has 1 aliphatic rings. The molecule has 142 valence electrons. The summed E-state index contributed by atoms with van der Waals surface area (Å²) in [4.78, 5) is 24.5. The molecule has 0 aliphatic carbocycles. The van der Waals surface area contributed by atoms with Gasteiger partial charge in [-0.3, -0.25) is 4.79 Å². The van der Waals surface area contributed by atoms with E-state index in [4.69, 9.17) is 25.5 Å². The van der Waals surface area contributed by atoms with Crippen LogP contribution >= 0.6 is 11.6 Å². The molecule has 0 fully saturated rings. The molecular formula is C19H19ClN2O5. The molecule has 0 saturated heterocycles. The predicted octanol–water partition coefficient (Wildman–Crippen LogP) is 3.19. The van der Waals surface area contributed by atoms with Gasteiger partial charge in [-0.2, -0.15) is 5.10 Å². The number of rotatable bonds is 6. The van der Waals surface area contributed by atoms with Crippen molar-refractivity contribution in [2.75, 3.05) is 13.7 Å². The van der Waals surface area contributed by atoms with Crippen molar-refractivity contribution in [1.82, 2.24) is 5.01 Å². The number of halogens is 1. The van der Waals surface area contributed by atoms with Gasteiger partial charge in [0.25, 0.3) is 5.91 Å². The van der Waals surface area contributed by atoms with Crippen molar-refractivity contribution in [3.8, 4) is 0 Å². The van der Waals surface area contributed by atoms with E-state index in [1.54, 1.807) is 30.5 Å². The quantitative estimate of drug-likeness (QED) is 0.707. The maximum absolute atomic E-state index is 12.9. The third kappa shape index (κ3) is 4.37. The average Bonchev–Trinajstić information content (AvgIpc) is 3.31. The highest BCUT2D eigenvalue weighted by atomic mass is 35.5. The summed E-state index contributed by atoms with van der Waals surface area (Å²) >= 11 is 5.94. The van der Waals surface area contributed by atoms with Crippen molar-refractivity contribution >= 4 is 29.2 Å². The first-order chi connectivity index (χ1) is 13.0. The zero-order valence-corrected chi connectivity index (χ0v) is 15.7. The van der Waals surface area contributed by atoms with Crippen LogP contribution in [0.3, 0.4) is 0 Å². The van der Waals surface area contributed by atoms with E-state index in [2.05, 4.69) is 5.10 Å². The second-order valence-electron chi connectivity index (χ2n) is 6.04. The Labute approximate surface area is 161 Å². The summed E-state index contributed by atoms with van der Waals surface area (Å²) in [6.45, 7) is 1.28. The summed E-state index contributed by atoms with van der Waals surface area (Å²) < 4.78 is 15.3. The second kappa shape index (κ2) is 8.37. The Bertz CT molecular complexity index is 832. The molecule has 1 aromatic carbocycles. The maximum atomic E-state index is 12.9. The zero-order valence-electron chi connectivity index (χ0n) is 14.9. The molecule has 0 saturated carbocycles. The lowest BCUT2D eigenvalue weighted by Crippen LogP contribution is -2.37. The molecular weight excluding hydrogens is 372 g/mol. The molecule has 0 bridgehead atoms. The molecule has 7 nitrogen and oxygen atoms in total. The predicted molar refractivity (Wildman–Crippen MR) is 98.3 cm³/mol. The molecule has 0 N–H and O–H groups in total. The van der Waals surface area contributed by atoms with Crippen LogP contribution in [0.5, 0.6) is 0 Å². The summed E-state index contributed by atoms with van der Waals surface area (Å²) in [7, 11) is 1.38. The number of esters is 1. The number of hydrogen-bond donors (Lipinski definition) is 0. The molecule has 2 atom stereocenters. The van der Waals surface area contributed by atoms with Gasteiger partial charge in [0.1, 0.15) is 18.4 Å². The van der Waals surface area contributed by atoms with Crippen LogP contribution in [-0.2, 0) is 19.1 Å². The van der Waals surface area contributed by atoms with E-state index in [9.17, 15) is 9.59 Å². The van der Waals surface area contributed by atoms with Gasteiger partial charge in [-0.25, -0.2) is 9.80 Å². The number of carbonyl (C=O) groups excluding carboxylic acids is 2. The molecule has 8 heteroatoms. The fourth-order valence-corrected chi connectivity index (χ4v) is 2.94. The third-order valence-corrected chi connectivity index (χ3v) is 4.36. The first kappa shape index (κ1) is 19.1. The molecule has 27 heavy (non-hydrogen) atoms. The Balaban J connectivity index is 1.84. The van der Waals surface area contributed by atoms with Crippen molar-refractivity contribution in [3.63, 3.8) is 0 Å². The lowest BCUT2D eigenvalue weighted by atomic mass is 10.0. The number of nitrogens with zero attached hydrogens (tertiary/aromatic N) is 2. The van der Waals surface area contributed by atoms with Gasteiger partial charge in [0.2, 0.25) is 0 Å². The second-order valence-corrected chi connectivity index (χ2v) is 6.47. The van der Waals surface area contributed by atoms with Crippen molar-refractivity contribution in [3.05, 3.63) is 59.0 Å². The Hall–Kier alpha value is -2.64. The Morgan fingerprint density at radius 2 is 2.07 bits per heavy atom. The SMILES string of the molecule is COCC(=O)O[C@H](C)C(=O)N1N=C(c2ccc(Cl)cc2)C[C@@H]1c1ccco1. The van der Waals surface area contributed by atoms with E-state index in [0.29, 0.717) is 17.2 Å². The third-order valence-electron chi connectivity index (χ3n) is 4.10. The largest absolute Gasteiger partial charge is 0.467 e. The van der Waals surface area contributed by atoms with E-state index in [1.807, 2.05) is 12.1 Å². The maximum Gasteiger partial charge on any atom is 0.332 e. The first-order valence-corrected chi connectivity index (χ1v) is 8.75. The fraction of sp³-hybridized carbons (Fsp3) is 0.316. The van der Waals surface area contributed by atoms with Gasteiger partial charge >= 0.3 is 5.97 Å². The number of methoxy groups -OCH3 is 1. The number of hydrazone groups is 1. The minimum Gasteiger partial charge on any atom is -0.467 e. The fourth-order valence-electron chi connectivity index (χ4n) is 2.82. The molecule has 3 rings (SSSR count). The first-order valence-electron chi connectivity index (χ1n) is 8.38. The van der Waals surface area contributed by atoms with Crippen LogP contribution < -0.4 is 0 Å². The lowest BCUT2D eigenvalue weighted by Gasteiger charge is -2.23. The van der Waals surface area contributed by atoms with Gasteiger partial charge in [0, 0.05) is 18.6 Å². The molecule has 2 aromatic rings. The number of carbonyl (C=O) groups is 2. The van der Waals surface area contributed by atoms with E-state index in [0.717, 1.165) is 11.3 Å². The summed E-state index contributed by atoms with van der Waals surface area (Å²) in [5.41, 5.74) is 1.58. The van der Waals surface area contributed by atoms with E-state index >= 15 is 0 Å². The van der Waals surface area contributed by atoms with Gasteiger partial charge in [-0.15, -0.1) is 0 Å². The van der Waals surface area contributed by atoms with Crippen LogP contribution in [0.1, 0.15) is 30.7 Å². The number of hydrogen-bond acceptors (Lipinski definition) is 6. The van der Waals surface area contributed by atoms with Crippen LogP contribution in [0, 0.1) is 0 Å². The van der Waals surface area contributed by atoms with Crippen molar-refractivity contribution < 1.29 is 23.5 Å². The summed E-state index contributed by atoms with van der Waals surface area (Å²) in [5.74, 6) is -0.453. The van der Waals surface area contributed by atoms with Gasteiger partial charge in [-0.1, -0.05) is 23.7 Å². The van der Waals surface area contributed by atoms with E-state index in [-0.39, 0.29) is 6.61 Å². The molecule has 0 unspecified atom stereocenters. The van der Waals surface area contributed by atoms with Gasteiger partial charge in [0.15, 0.2) is 6.10 Å². The minimum atomic E-state index is -1.00. The van der Waals surface area contributed by atoms with Gasteiger partial charge < -0.3 is 13.9 Å². The number of ether oxygens (including phenoxy) is 2. The highest BCUT2D eigenvalue weighted by molar-refractivity contribution is 6.30. The summed E-state index contributed by atoms with van der Waals surface area (Å²) in [5, 5.41) is 6.40. The van der Waals surface area contributed by atoms with Gasteiger partial charge in [-0.05, 0) is 36.8 Å². The molecule has 2 heterocycles. The Morgan fingerprint density at radius 3 is 2.70 bits per heavy atom. The molecule has 1 aliphatic heterocycles. The van der Waals surface area contributed by atoms with Crippen molar-refractivity contribution in [2.24, 2.45) is 5.10 Å². The van der Waals surface area contributed by atoms with Crippen LogP contribution in [-0.4, -0.2) is 42.4 Å². The minimum absolute atomic E-state index is 0.224. The van der Waals surface area contributed by atoms with Crippen LogP contribution in [0.25, 0.3) is 0 Å². The average molecular weight is 391 g/mol. The summed E-state index contributed by atoms with van der Waals surface area (Å²) in [6, 6.07) is 10.3. The molecule has 1 amide bonds. The van der Waals surface area contributed by atoms with Crippen LogP contribution in [0.2, 0.25) is 5.02 Å². The van der Waals surface area contributed by atoms with Crippen molar-refractivity contribution in [1.29, 1.82) is 0 Å². The van der Waals surface area contributed by atoms with Gasteiger partial charge in [0.05, 0.1) is 12.0 Å². The lowest BCUT2D eigenvalue weighted by molar-refractivity contribution is -0.162. The standard InChI is InChI=1S/C19H19ClN2O5/c1-12(27-18(23)11-25-2)19(24)22-16(17-4-3-9-26-17)10-15(21-22)13-5-7-14(20)8-6-13/h3-9,12,16H,10-11H2,1-2H3/t12-,16-/m1/s1. The highest BCUT2D eigenvalue weighted by Gasteiger charge is 2.37. The Morgan fingerprint density at radius 1 is 1.33 bits per heavy atom. The topological polar surface area (TPSA) is 81.3 Å². The van der Waals surface area contributed by atoms with E-state index in [1.165, 1.54) is 19.0 Å². The number of benzene rings is 1. The monoisotopic (exact) mass is 390 g/mol. The smallest absolute Gasteiger partial charge is 0.332 e. The van der Waals surface area contributed by atoms with Crippen molar-refractivity contribution in [2.45, 2.75) is 25.5 Å². The molecule has 0 radical (unpaired) electrons. The number of amides is 1. The summed E-state index contributed by atoms with van der Waals surface area (Å²) in [6.07, 6.45) is 1.01. The normalized spacial score (nSPS) is 17.5. The molecule has 0 spiro atoms. The zero-order chi connectivity index (χ0) is 19.4. The molecule has 1 aromatic heterocycles. The van der Waals surface area contributed by atoms with E-state index < -0.39 is 24.0 Å². The van der Waals surface area contributed by atoms with Crippen LogP contribution in [0.15, 0.2) is 52.2 Å².